The first-order chi connectivity index (χ1) is 18.2. The third-order valence-electron chi connectivity index (χ3n) is 6.50. The number of thiophene rings is 1. The first-order valence-corrected chi connectivity index (χ1v) is 14.5. The van der Waals surface area contributed by atoms with E-state index in [2.05, 4.69) is 80.3 Å². The van der Waals surface area contributed by atoms with Crippen LogP contribution in [0.4, 0.5) is 10.8 Å². The molecular weight excluding hydrogens is 532 g/mol. The summed E-state index contributed by atoms with van der Waals surface area (Å²) in [4.78, 5) is 12.9. The van der Waals surface area contributed by atoms with Crippen LogP contribution in [0.3, 0.4) is 0 Å². The monoisotopic (exact) mass is 562 g/mol. The number of ether oxygens (including phenoxy) is 1. The van der Waals surface area contributed by atoms with Crippen LogP contribution in [-0.4, -0.2) is 21.9 Å². The fourth-order valence-electron chi connectivity index (χ4n) is 4.29. The number of hydrogen-bond donors (Lipinski definition) is 1. The molecule has 0 fully saturated rings. The number of anilines is 2. The molecule has 0 spiro atoms. The molecule has 0 aliphatic carbocycles. The normalized spacial score (nSPS) is 12.7. The predicted molar refractivity (Wildman–Crippen MR) is 162 cm³/mol. The van der Waals surface area contributed by atoms with Gasteiger partial charge in [-0.1, -0.05) is 68.0 Å². The van der Waals surface area contributed by atoms with Gasteiger partial charge >= 0.3 is 0 Å². The van der Waals surface area contributed by atoms with Crippen LogP contribution in [0.15, 0.2) is 72.9 Å². The largest absolute Gasteiger partial charge is 0.437 e. The Morgan fingerprint density at radius 2 is 1.84 bits per heavy atom. The van der Waals surface area contributed by atoms with Crippen molar-refractivity contribution in [3.63, 3.8) is 0 Å². The van der Waals surface area contributed by atoms with Crippen LogP contribution in [-0.2, 0) is 12.0 Å². The molecule has 5 aromatic rings. The maximum absolute atomic E-state index is 6.33. The minimum atomic E-state index is -0.0499. The van der Waals surface area contributed by atoms with Crippen molar-refractivity contribution in [2.24, 2.45) is 0 Å². The summed E-state index contributed by atoms with van der Waals surface area (Å²) in [5.41, 5.74) is 4.07. The van der Waals surface area contributed by atoms with E-state index in [1.807, 2.05) is 36.4 Å². The van der Waals surface area contributed by atoms with E-state index in [0.29, 0.717) is 5.88 Å². The molecule has 5 rings (SSSR count). The van der Waals surface area contributed by atoms with Gasteiger partial charge in [-0.25, -0.2) is 9.97 Å². The van der Waals surface area contributed by atoms with Crippen LogP contribution in [0, 0.1) is 0 Å². The highest BCUT2D eigenvalue weighted by Crippen LogP contribution is 2.38. The number of hydrogen-bond acceptors (Lipinski definition) is 7. The highest BCUT2D eigenvalue weighted by molar-refractivity contribution is 7.22. The van der Waals surface area contributed by atoms with E-state index < -0.39 is 0 Å². The second-order valence-electron chi connectivity index (χ2n) is 10.4. The topological polar surface area (TPSA) is 50.3 Å². The van der Waals surface area contributed by atoms with Crippen molar-refractivity contribution in [1.82, 2.24) is 14.9 Å². The molecule has 38 heavy (non-hydrogen) atoms. The average molecular weight is 563 g/mol. The minimum absolute atomic E-state index is 0.0499. The summed E-state index contributed by atoms with van der Waals surface area (Å²) < 4.78 is 8.29. The molecule has 0 amide bonds. The van der Waals surface area contributed by atoms with Crippen molar-refractivity contribution < 1.29 is 4.74 Å². The number of benzene rings is 2. The molecule has 196 valence electrons. The van der Waals surface area contributed by atoms with Gasteiger partial charge in [0.2, 0.25) is 5.88 Å². The molecule has 2 aromatic carbocycles. The summed E-state index contributed by atoms with van der Waals surface area (Å²) in [6.07, 6.45) is 1.74. The quantitative estimate of drug-likeness (QED) is 0.204. The Hall–Kier alpha value is -2.97. The van der Waals surface area contributed by atoms with E-state index >= 15 is 0 Å². The van der Waals surface area contributed by atoms with Gasteiger partial charge in [0, 0.05) is 29.2 Å². The van der Waals surface area contributed by atoms with Crippen LogP contribution in [0.25, 0.3) is 10.2 Å². The first kappa shape index (κ1) is 26.6. The van der Waals surface area contributed by atoms with Gasteiger partial charge in [-0.05, 0) is 67.4 Å². The number of fused-ring (bicyclic) bond motifs is 1. The number of rotatable bonds is 8. The van der Waals surface area contributed by atoms with Gasteiger partial charge in [0.05, 0.1) is 14.6 Å². The number of nitrogens with one attached hydrogen (secondary N) is 1. The molecule has 0 saturated carbocycles. The zero-order chi connectivity index (χ0) is 26.9. The lowest BCUT2D eigenvalue weighted by Crippen LogP contribution is -2.21. The molecule has 1 unspecified atom stereocenters. The second-order valence-corrected chi connectivity index (χ2v) is 13.2. The zero-order valence-electron chi connectivity index (χ0n) is 22.2. The highest BCUT2D eigenvalue weighted by atomic mass is 35.5. The van der Waals surface area contributed by atoms with Crippen molar-refractivity contribution in [2.45, 2.75) is 45.7 Å². The molecule has 0 saturated heterocycles. The number of aromatic nitrogens is 2. The number of pyridine rings is 1. The number of nitrogens with zero attached hydrogens (tertiary/aromatic N) is 3. The Balaban J connectivity index is 1.35. The minimum Gasteiger partial charge on any atom is -0.437 e. The smallest absolute Gasteiger partial charge is 0.243 e. The van der Waals surface area contributed by atoms with Crippen molar-refractivity contribution in [2.75, 3.05) is 12.4 Å². The first-order valence-electron chi connectivity index (χ1n) is 12.5. The Morgan fingerprint density at radius 1 is 1.03 bits per heavy atom. The fourth-order valence-corrected chi connectivity index (χ4v) is 6.37. The van der Waals surface area contributed by atoms with Crippen LogP contribution < -0.4 is 10.1 Å². The average Bonchev–Trinajstić information content (AvgIpc) is 3.48. The van der Waals surface area contributed by atoms with E-state index in [1.165, 1.54) is 10.4 Å². The third kappa shape index (κ3) is 6.02. The summed E-state index contributed by atoms with van der Waals surface area (Å²) in [5, 5.41) is 4.24. The molecule has 3 aromatic heterocycles. The van der Waals surface area contributed by atoms with Crippen LogP contribution in [0.5, 0.6) is 11.6 Å². The SMILES string of the molecule is CC(c1ccc2nc(Nc3cccnc3Oc3ccccc3C(C)(C)C)sc2c1)N(C)Cc1ccc(Cl)s1. The maximum atomic E-state index is 6.33. The lowest BCUT2D eigenvalue weighted by Gasteiger charge is -2.24. The summed E-state index contributed by atoms with van der Waals surface area (Å²) in [7, 11) is 2.14. The molecule has 1 N–H and O–H groups in total. The Labute approximate surface area is 237 Å². The summed E-state index contributed by atoms with van der Waals surface area (Å²) in [6, 6.07) is 22.8. The van der Waals surface area contributed by atoms with E-state index in [9.17, 15) is 0 Å². The fraction of sp³-hybridized carbons (Fsp3) is 0.267. The van der Waals surface area contributed by atoms with E-state index in [-0.39, 0.29) is 11.5 Å². The van der Waals surface area contributed by atoms with Gasteiger partial charge in [-0.3, -0.25) is 4.90 Å². The van der Waals surface area contributed by atoms with Crippen molar-refractivity contribution >= 4 is 55.3 Å². The Morgan fingerprint density at radius 3 is 2.61 bits per heavy atom. The van der Waals surface area contributed by atoms with E-state index in [0.717, 1.165) is 43.2 Å². The van der Waals surface area contributed by atoms with Gasteiger partial charge < -0.3 is 10.1 Å². The maximum Gasteiger partial charge on any atom is 0.243 e. The lowest BCUT2D eigenvalue weighted by atomic mass is 9.86. The number of thiazole rings is 1. The molecule has 8 heteroatoms. The van der Waals surface area contributed by atoms with Gasteiger partial charge in [0.1, 0.15) is 11.4 Å². The van der Waals surface area contributed by atoms with Gasteiger partial charge in [-0.15, -0.1) is 11.3 Å². The van der Waals surface area contributed by atoms with E-state index in [4.69, 9.17) is 21.3 Å². The molecule has 0 aliphatic heterocycles. The number of para-hydroxylation sites is 1. The van der Waals surface area contributed by atoms with Crippen LogP contribution >= 0.6 is 34.3 Å². The standard InChI is InChI=1S/C30H31ClN4OS2/c1-19(35(5)18-21-13-15-27(31)37-21)20-12-14-23-26(17-20)38-29(33-23)34-24-10-8-16-32-28(24)36-25-11-7-6-9-22(25)30(2,3)4/h6-17,19H,18H2,1-5H3,(H,33,34). The second kappa shape index (κ2) is 11.0. The predicted octanol–water partition coefficient (Wildman–Crippen LogP) is 9.43. The van der Waals surface area contributed by atoms with Crippen molar-refractivity contribution in [3.05, 3.63) is 93.3 Å². The van der Waals surface area contributed by atoms with Crippen LogP contribution in [0.2, 0.25) is 4.34 Å². The summed E-state index contributed by atoms with van der Waals surface area (Å²) >= 11 is 9.37. The molecule has 1 atom stereocenters. The zero-order valence-corrected chi connectivity index (χ0v) is 24.5. The molecule has 0 bridgehead atoms. The number of halogens is 1. The molecule has 0 aliphatic rings. The van der Waals surface area contributed by atoms with Crippen molar-refractivity contribution in [1.29, 1.82) is 0 Å². The third-order valence-corrected chi connectivity index (χ3v) is 8.65. The molecule has 5 nitrogen and oxygen atoms in total. The molecular formula is C30H31ClN4OS2. The van der Waals surface area contributed by atoms with Crippen LogP contribution in [0.1, 0.15) is 49.7 Å². The molecule has 0 radical (unpaired) electrons. The molecule has 3 heterocycles. The van der Waals surface area contributed by atoms with Gasteiger partial charge in [0.25, 0.3) is 0 Å². The summed E-state index contributed by atoms with van der Waals surface area (Å²) in [6.45, 7) is 9.62. The van der Waals surface area contributed by atoms with E-state index in [1.54, 1.807) is 28.9 Å². The van der Waals surface area contributed by atoms with Gasteiger partial charge in [0.15, 0.2) is 5.13 Å². The Bertz CT molecular complexity index is 1560. The summed E-state index contributed by atoms with van der Waals surface area (Å²) in [5.74, 6) is 1.33. The lowest BCUT2D eigenvalue weighted by molar-refractivity contribution is 0.255. The Kier molecular flexibility index (Phi) is 7.73. The highest BCUT2D eigenvalue weighted by Gasteiger charge is 2.20. The van der Waals surface area contributed by atoms with Gasteiger partial charge in [-0.2, -0.15) is 0 Å². The van der Waals surface area contributed by atoms with Crippen molar-refractivity contribution in [3.8, 4) is 11.6 Å².